The minimum atomic E-state index is -1.99. The van der Waals surface area contributed by atoms with Crippen LogP contribution in [0.15, 0.2) is 18.2 Å². The third kappa shape index (κ3) is 2.04. The van der Waals surface area contributed by atoms with E-state index < -0.39 is 5.79 Å². The summed E-state index contributed by atoms with van der Waals surface area (Å²) in [6.45, 7) is 5.10. The molecule has 0 saturated carbocycles. The Hall–Kier alpha value is -1.09. The Kier molecular flexibility index (Phi) is 2.81. The molecule has 0 aliphatic heterocycles. The van der Waals surface area contributed by atoms with Crippen LogP contribution >= 0.6 is 0 Å². The predicted octanol–water partition coefficient (Wildman–Crippen LogP) is 2.62. The van der Waals surface area contributed by atoms with E-state index in [1.807, 2.05) is 13.8 Å². The molecule has 0 heterocycles. The van der Waals surface area contributed by atoms with Crippen molar-refractivity contribution in [1.82, 2.24) is 0 Å². The molecule has 2 nitrogen and oxygen atoms in total. The molecular formula is C11H16FNO. The van der Waals surface area contributed by atoms with E-state index in [-0.39, 0.29) is 17.2 Å². The number of phenols is 1. The molecule has 0 spiro atoms. The quantitative estimate of drug-likeness (QED) is 0.716. The van der Waals surface area contributed by atoms with Crippen LogP contribution in [0.2, 0.25) is 0 Å². The zero-order valence-corrected chi connectivity index (χ0v) is 8.71. The second-order valence-corrected chi connectivity index (χ2v) is 3.97. The summed E-state index contributed by atoms with van der Waals surface area (Å²) >= 11 is 0. The van der Waals surface area contributed by atoms with Gasteiger partial charge < -0.3 is 5.11 Å². The molecule has 0 amide bonds. The Labute approximate surface area is 83.6 Å². The average Bonchev–Trinajstić information content (AvgIpc) is 2.01. The molecule has 1 aromatic rings. The van der Waals surface area contributed by atoms with Gasteiger partial charge in [0.2, 0.25) is 0 Å². The number of nitrogens with two attached hydrogens (primary N) is 1. The van der Waals surface area contributed by atoms with Crippen molar-refractivity contribution >= 4 is 0 Å². The van der Waals surface area contributed by atoms with Crippen molar-refractivity contribution in [3.8, 4) is 5.75 Å². The van der Waals surface area contributed by atoms with Crippen molar-refractivity contribution in [3.63, 3.8) is 0 Å². The van der Waals surface area contributed by atoms with Crippen molar-refractivity contribution in [2.75, 3.05) is 0 Å². The molecule has 0 saturated heterocycles. The first-order valence-corrected chi connectivity index (χ1v) is 4.64. The van der Waals surface area contributed by atoms with Crippen LogP contribution < -0.4 is 5.73 Å². The number of phenolic OH excluding ortho intramolecular Hbond substituents is 1. The number of hydrogen-bond acceptors (Lipinski definition) is 2. The molecule has 78 valence electrons. The van der Waals surface area contributed by atoms with E-state index in [4.69, 9.17) is 5.73 Å². The summed E-state index contributed by atoms with van der Waals surface area (Å²) in [6, 6.07) is 4.98. The molecule has 1 unspecified atom stereocenters. The van der Waals surface area contributed by atoms with E-state index >= 15 is 0 Å². The minimum absolute atomic E-state index is 0.0324. The molecule has 3 heteroatoms. The molecule has 0 aliphatic rings. The van der Waals surface area contributed by atoms with E-state index in [0.717, 1.165) is 5.56 Å². The van der Waals surface area contributed by atoms with E-state index in [0.29, 0.717) is 0 Å². The standard InChI is InChI=1S/C11H16FNO/c1-7(2)8-5-4-6-9(10(8)14)11(3,12)13/h4-7,14H,13H2,1-3H3. The van der Waals surface area contributed by atoms with Gasteiger partial charge in [-0.05, 0) is 18.4 Å². The van der Waals surface area contributed by atoms with Gasteiger partial charge in [-0.15, -0.1) is 0 Å². The molecule has 3 N–H and O–H groups in total. The van der Waals surface area contributed by atoms with Crippen molar-refractivity contribution in [2.24, 2.45) is 5.73 Å². The van der Waals surface area contributed by atoms with E-state index in [2.05, 4.69) is 0 Å². The van der Waals surface area contributed by atoms with Crippen LogP contribution in [0.25, 0.3) is 0 Å². The van der Waals surface area contributed by atoms with Gasteiger partial charge in [0.25, 0.3) is 0 Å². The molecule has 0 fully saturated rings. The van der Waals surface area contributed by atoms with Gasteiger partial charge in [0.1, 0.15) is 5.75 Å². The fourth-order valence-corrected chi connectivity index (χ4v) is 1.42. The first kappa shape index (κ1) is 11.0. The maximum absolute atomic E-state index is 13.4. The predicted molar refractivity (Wildman–Crippen MR) is 54.8 cm³/mol. The maximum Gasteiger partial charge on any atom is 0.185 e. The highest BCUT2D eigenvalue weighted by molar-refractivity contribution is 5.44. The van der Waals surface area contributed by atoms with Crippen LogP contribution in [0.5, 0.6) is 5.75 Å². The van der Waals surface area contributed by atoms with Crippen molar-refractivity contribution in [3.05, 3.63) is 29.3 Å². The Morgan fingerprint density at radius 3 is 2.43 bits per heavy atom. The molecular weight excluding hydrogens is 181 g/mol. The Balaban J connectivity index is 3.28. The molecule has 0 aromatic heterocycles. The number of alkyl halides is 1. The number of halogens is 1. The van der Waals surface area contributed by atoms with Gasteiger partial charge in [-0.25, -0.2) is 4.39 Å². The van der Waals surface area contributed by atoms with E-state index in [1.54, 1.807) is 12.1 Å². The first-order chi connectivity index (χ1) is 6.34. The topological polar surface area (TPSA) is 46.2 Å². The van der Waals surface area contributed by atoms with Crippen LogP contribution in [-0.2, 0) is 5.79 Å². The molecule has 1 aromatic carbocycles. The van der Waals surface area contributed by atoms with Crippen molar-refractivity contribution < 1.29 is 9.50 Å². The van der Waals surface area contributed by atoms with Gasteiger partial charge in [0.15, 0.2) is 5.79 Å². The highest BCUT2D eigenvalue weighted by atomic mass is 19.1. The normalized spacial score (nSPS) is 15.6. The summed E-state index contributed by atoms with van der Waals surface area (Å²) in [7, 11) is 0. The molecule has 14 heavy (non-hydrogen) atoms. The van der Waals surface area contributed by atoms with Crippen LogP contribution in [-0.4, -0.2) is 5.11 Å². The molecule has 1 rings (SSSR count). The Bertz CT molecular complexity index is 329. The second kappa shape index (κ2) is 3.58. The number of benzene rings is 1. The summed E-state index contributed by atoms with van der Waals surface area (Å²) in [5.74, 6) is -1.87. The lowest BCUT2D eigenvalue weighted by molar-refractivity contribution is 0.196. The molecule has 0 radical (unpaired) electrons. The summed E-state index contributed by atoms with van der Waals surface area (Å²) in [5, 5.41) is 9.77. The molecule has 0 bridgehead atoms. The van der Waals surface area contributed by atoms with Crippen LogP contribution in [0.1, 0.15) is 37.8 Å². The average molecular weight is 197 g/mol. The van der Waals surface area contributed by atoms with Gasteiger partial charge in [0.05, 0.1) is 0 Å². The lowest BCUT2D eigenvalue weighted by Gasteiger charge is -2.19. The molecule has 0 aliphatic carbocycles. The summed E-state index contributed by atoms with van der Waals surface area (Å²) in [4.78, 5) is 0. The Morgan fingerprint density at radius 2 is 2.00 bits per heavy atom. The summed E-state index contributed by atoms with van der Waals surface area (Å²) in [6.07, 6.45) is 0. The summed E-state index contributed by atoms with van der Waals surface area (Å²) < 4.78 is 13.4. The monoisotopic (exact) mass is 197 g/mol. The SMILES string of the molecule is CC(C)c1cccc(C(C)(N)F)c1O. The largest absolute Gasteiger partial charge is 0.507 e. The zero-order valence-electron chi connectivity index (χ0n) is 8.71. The summed E-state index contributed by atoms with van der Waals surface area (Å²) in [5.41, 5.74) is 6.16. The van der Waals surface area contributed by atoms with Gasteiger partial charge in [-0.1, -0.05) is 32.0 Å². The third-order valence-corrected chi connectivity index (χ3v) is 2.22. The number of para-hydroxylation sites is 1. The maximum atomic E-state index is 13.4. The number of hydrogen-bond donors (Lipinski definition) is 2. The van der Waals surface area contributed by atoms with Crippen LogP contribution in [0.4, 0.5) is 4.39 Å². The number of aromatic hydroxyl groups is 1. The lowest BCUT2D eigenvalue weighted by Crippen LogP contribution is -2.27. The fourth-order valence-electron chi connectivity index (χ4n) is 1.42. The Morgan fingerprint density at radius 1 is 1.43 bits per heavy atom. The van der Waals surface area contributed by atoms with Crippen LogP contribution in [0, 0.1) is 0 Å². The first-order valence-electron chi connectivity index (χ1n) is 4.64. The van der Waals surface area contributed by atoms with Gasteiger partial charge in [0, 0.05) is 5.56 Å². The highest BCUT2D eigenvalue weighted by Crippen LogP contribution is 2.34. The lowest BCUT2D eigenvalue weighted by atomic mass is 9.96. The van der Waals surface area contributed by atoms with E-state index in [9.17, 15) is 9.50 Å². The molecule has 1 atom stereocenters. The zero-order chi connectivity index (χ0) is 10.9. The van der Waals surface area contributed by atoms with Crippen molar-refractivity contribution in [2.45, 2.75) is 32.5 Å². The van der Waals surface area contributed by atoms with Crippen molar-refractivity contribution in [1.29, 1.82) is 0 Å². The number of rotatable bonds is 2. The van der Waals surface area contributed by atoms with Gasteiger partial charge in [-0.2, -0.15) is 0 Å². The van der Waals surface area contributed by atoms with E-state index in [1.165, 1.54) is 13.0 Å². The van der Waals surface area contributed by atoms with Gasteiger partial charge >= 0.3 is 0 Å². The fraction of sp³-hybridized carbons (Fsp3) is 0.455. The third-order valence-electron chi connectivity index (χ3n) is 2.22. The smallest absolute Gasteiger partial charge is 0.185 e. The van der Waals surface area contributed by atoms with Crippen LogP contribution in [0.3, 0.4) is 0 Å². The van der Waals surface area contributed by atoms with Gasteiger partial charge in [-0.3, -0.25) is 5.73 Å². The second-order valence-electron chi connectivity index (χ2n) is 3.97. The highest BCUT2D eigenvalue weighted by Gasteiger charge is 2.25. The minimum Gasteiger partial charge on any atom is -0.507 e.